The molecule has 0 atom stereocenters. The summed E-state index contributed by atoms with van der Waals surface area (Å²) >= 11 is 0. The first kappa shape index (κ1) is 16.1. The van der Waals surface area contributed by atoms with Crippen LogP contribution in [0, 0.1) is 27.7 Å². The lowest BCUT2D eigenvalue weighted by atomic mass is 10.1. The smallest absolute Gasteiger partial charge is 0.227 e. The average Bonchev–Trinajstić information content (AvgIpc) is 2.46. The average molecular weight is 297 g/mol. The fraction of sp³-hybridized carbons (Fsp3) is 0.316. The summed E-state index contributed by atoms with van der Waals surface area (Å²) in [4.78, 5) is 12.0. The second kappa shape index (κ2) is 7.12. The van der Waals surface area contributed by atoms with Crippen molar-refractivity contribution in [2.24, 2.45) is 0 Å². The van der Waals surface area contributed by atoms with Gasteiger partial charge in [-0.3, -0.25) is 4.79 Å². The number of rotatable bonds is 5. The summed E-state index contributed by atoms with van der Waals surface area (Å²) in [6, 6.07) is 12.1. The van der Waals surface area contributed by atoms with E-state index in [2.05, 4.69) is 11.4 Å². The quantitative estimate of drug-likeness (QED) is 0.892. The molecule has 1 amide bonds. The van der Waals surface area contributed by atoms with Gasteiger partial charge in [0.05, 0.1) is 13.0 Å². The molecule has 0 aliphatic rings. The van der Waals surface area contributed by atoms with E-state index in [0.29, 0.717) is 13.0 Å². The molecule has 0 spiro atoms. The van der Waals surface area contributed by atoms with E-state index in [9.17, 15) is 4.79 Å². The predicted molar refractivity (Wildman–Crippen MR) is 90.6 cm³/mol. The normalized spacial score (nSPS) is 10.4. The third-order valence-corrected chi connectivity index (χ3v) is 3.60. The Bertz CT molecular complexity index is 677. The van der Waals surface area contributed by atoms with Crippen LogP contribution in [0.4, 0.5) is 5.69 Å². The molecule has 0 aromatic heterocycles. The summed E-state index contributed by atoms with van der Waals surface area (Å²) in [7, 11) is 0. The van der Waals surface area contributed by atoms with Gasteiger partial charge in [-0.15, -0.1) is 0 Å². The Morgan fingerprint density at radius 2 is 1.59 bits per heavy atom. The van der Waals surface area contributed by atoms with E-state index in [1.54, 1.807) is 0 Å². The Hall–Kier alpha value is -2.29. The standard InChI is InChI=1S/C19H23NO2/c1-13-5-7-15(3)17(11-13)20-19(21)9-10-22-18-12-14(2)6-8-16(18)4/h5-8,11-12H,9-10H2,1-4H3,(H,20,21). The van der Waals surface area contributed by atoms with Crippen molar-refractivity contribution in [3.8, 4) is 5.75 Å². The maximum atomic E-state index is 12.0. The molecule has 0 aliphatic carbocycles. The first-order chi connectivity index (χ1) is 10.5. The minimum atomic E-state index is -0.0287. The van der Waals surface area contributed by atoms with Crippen LogP contribution in [-0.2, 0) is 4.79 Å². The first-order valence-electron chi connectivity index (χ1n) is 7.53. The van der Waals surface area contributed by atoms with Crippen molar-refractivity contribution in [2.75, 3.05) is 11.9 Å². The van der Waals surface area contributed by atoms with Gasteiger partial charge in [0.2, 0.25) is 5.91 Å². The zero-order valence-electron chi connectivity index (χ0n) is 13.7. The van der Waals surface area contributed by atoms with Crippen LogP contribution < -0.4 is 10.1 Å². The minimum absolute atomic E-state index is 0.0287. The van der Waals surface area contributed by atoms with Crippen LogP contribution in [0.3, 0.4) is 0 Å². The highest BCUT2D eigenvalue weighted by atomic mass is 16.5. The van der Waals surface area contributed by atoms with Crippen LogP contribution in [0.1, 0.15) is 28.7 Å². The number of benzene rings is 2. The van der Waals surface area contributed by atoms with E-state index in [1.807, 2.05) is 58.0 Å². The molecule has 0 unspecified atom stereocenters. The van der Waals surface area contributed by atoms with Gasteiger partial charge in [-0.2, -0.15) is 0 Å². The van der Waals surface area contributed by atoms with Crippen LogP contribution in [0.2, 0.25) is 0 Å². The van der Waals surface area contributed by atoms with Gasteiger partial charge in [-0.25, -0.2) is 0 Å². The van der Waals surface area contributed by atoms with Crippen LogP contribution >= 0.6 is 0 Å². The molecule has 0 saturated heterocycles. The molecular formula is C19H23NO2. The molecule has 22 heavy (non-hydrogen) atoms. The van der Waals surface area contributed by atoms with Crippen molar-refractivity contribution in [2.45, 2.75) is 34.1 Å². The van der Waals surface area contributed by atoms with Crippen LogP contribution in [0.15, 0.2) is 36.4 Å². The molecule has 2 rings (SSSR count). The number of carbonyl (C=O) groups excluding carboxylic acids is 1. The second-order valence-electron chi connectivity index (χ2n) is 5.73. The molecule has 0 aliphatic heterocycles. The second-order valence-corrected chi connectivity index (χ2v) is 5.73. The Kier molecular flexibility index (Phi) is 5.21. The Balaban J connectivity index is 1.88. The van der Waals surface area contributed by atoms with E-state index in [4.69, 9.17) is 4.74 Å². The summed E-state index contributed by atoms with van der Waals surface area (Å²) in [6.07, 6.45) is 0.334. The van der Waals surface area contributed by atoms with Crippen molar-refractivity contribution in [3.63, 3.8) is 0 Å². The van der Waals surface area contributed by atoms with Gasteiger partial charge in [0.1, 0.15) is 5.75 Å². The number of amides is 1. The summed E-state index contributed by atoms with van der Waals surface area (Å²) in [5, 5.41) is 2.94. The number of hydrogen-bond acceptors (Lipinski definition) is 2. The van der Waals surface area contributed by atoms with Crippen molar-refractivity contribution in [1.29, 1.82) is 0 Å². The van der Waals surface area contributed by atoms with Gasteiger partial charge in [0.25, 0.3) is 0 Å². The number of aryl methyl sites for hydroxylation is 4. The first-order valence-corrected chi connectivity index (χ1v) is 7.53. The van der Waals surface area contributed by atoms with Crippen molar-refractivity contribution in [1.82, 2.24) is 0 Å². The van der Waals surface area contributed by atoms with Gasteiger partial charge in [-0.05, 0) is 62.1 Å². The number of nitrogens with one attached hydrogen (secondary N) is 1. The summed E-state index contributed by atoms with van der Waals surface area (Å²) < 4.78 is 5.72. The molecule has 0 heterocycles. The number of ether oxygens (including phenoxy) is 1. The fourth-order valence-electron chi connectivity index (χ4n) is 2.20. The molecule has 3 nitrogen and oxygen atoms in total. The van der Waals surface area contributed by atoms with E-state index >= 15 is 0 Å². The van der Waals surface area contributed by atoms with Crippen LogP contribution in [-0.4, -0.2) is 12.5 Å². The lowest BCUT2D eigenvalue weighted by molar-refractivity contribution is -0.116. The fourth-order valence-corrected chi connectivity index (χ4v) is 2.20. The summed E-state index contributed by atoms with van der Waals surface area (Å²) in [5.74, 6) is 0.818. The third kappa shape index (κ3) is 4.35. The molecule has 0 saturated carbocycles. The van der Waals surface area contributed by atoms with Gasteiger partial charge in [0.15, 0.2) is 0 Å². The Morgan fingerprint density at radius 3 is 2.32 bits per heavy atom. The molecule has 116 valence electrons. The maximum Gasteiger partial charge on any atom is 0.227 e. The van der Waals surface area contributed by atoms with Gasteiger partial charge >= 0.3 is 0 Å². The summed E-state index contributed by atoms with van der Waals surface area (Å²) in [5.41, 5.74) is 5.31. The molecule has 0 bridgehead atoms. The van der Waals surface area contributed by atoms with E-state index < -0.39 is 0 Å². The topological polar surface area (TPSA) is 38.3 Å². The molecule has 2 aromatic carbocycles. The third-order valence-electron chi connectivity index (χ3n) is 3.60. The summed E-state index contributed by atoms with van der Waals surface area (Å²) in [6.45, 7) is 8.41. The Morgan fingerprint density at radius 1 is 0.955 bits per heavy atom. The largest absolute Gasteiger partial charge is 0.493 e. The van der Waals surface area contributed by atoms with Gasteiger partial charge < -0.3 is 10.1 Å². The zero-order valence-corrected chi connectivity index (χ0v) is 13.7. The molecule has 1 N–H and O–H groups in total. The lowest BCUT2D eigenvalue weighted by Crippen LogP contribution is -2.16. The number of carbonyl (C=O) groups is 1. The van der Waals surface area contributed by atoms with Gasteiger partial charge in [0, 0.05) is 5.69 Å². The highest BCUT2D eigenvalue weighted by molar-refractivity contribution is 5.91. The Labute approximate surface area is 132 Å². The van der Waals surface area contributed by atoms with Crippen molar-refractivity contribution < 1.29 is 9.53 Å². The maximum absolute atomic E-state index is 12.0. The highest BCUT2D eigenvalue weighted by Crippen LogP contribution is 2.20. The van der Waals surface area contributed by atoms with Crippen LogP contribution in [0.25, 0.3) is 0 Å². The van der Waals surface area contributed by atoms with E-state index in [-0.39, 0.29) is 5.91 Å². The van der Waals surface area contributed by atoms with Gasteiger partial charge in [-0.1, -0.05) is 24.3 Å². The molecule has 3 heteroatoms. The van der Waals surface area contributed by atoms with E-state index in [1.165, 1.54) is 0 Å². The SMILES string of the molecule is Cc1ccc(C)c(NC(=O)CCOc2cc(C)ccc2C)c1. The van der Waals surface area contributed by atoms with E-state index in [0.717, 1.165) is 33.7 Å². The highest BCUT2D eigenvalue weighted by Gasteiger charge is 2.06. The molecular weight excluding hydrogens is 274 g/mol. The monoisotopic (exact) mass is 297 g/mol. The predicted octanol–water partition coefficient (Wildman–Crippen LogP) is 4.33. The molecule has 2 aromatic rings. The number of anilines is 1. The number of hydrogen-bond donors (Lipinski definition) is 1. The minimum Gasteiger partial charge on any atom is -0.493 e. The van der Waals surface area contributed by atoms with Crippen molar-refractivity contribution >= 4 is 11.6 Å². The molecule has 0 fully saturated rings. The van der Waals surface area contributed by atoms with Crippen molar-refractivity contribution in [3.05, 3.63) is 58.7 Å². The molecule has 0 radical (unpaired) electrons. The zero-order chi connectivity index (χ0) is 16.1. The lowest BCUT2D eigenvalue weighted by Gasteiger charge is -2.11. The van der Waals surface area contributed by atoms with Crippen LogP contribution in [0.5, 0.6) is 5.75 Å².